The van der Waals surface area contributed by atoms with Gasteiger partial charge in [0.2, 0.25) is 0 Å². The molecular formula is C7H13N. The van der Waals surface area contributed by atoms with Gasteiger partial charge in [-0.3, -0.25) is 0 Å². The molecule has 0 aromatic carbocycles. The monoisotopic (exact) mass is 111 g/mol. The van der Waals surface area contributed by atoms with Crippen molar-refractivity contribution >= 4 is 0 Å². The summed E-state index contributed by atoms with van der Waals surface area (Å²) in [5.74, 6) is 1.99. The van der Waals surface area contributed by atoms with Crippen LogP contribution in [0.1, 0.15) is 25.7 Å². The average Bonchev–Trinajstić information content (AvgIpc) is 1.80. The first kappa shape index (κ1) is 4.80. The standard InChI is InChI=1S/C7H13N/c8-7-4-2-5-1-3-6(5)7/h5-7H,1-4,8H2/t5-,6-,7?/m0/s1. The van der Waals surface area contributed by atoms with Crippen LogP contribution in [-0.2, 0) is 0 Å². The van der Waals surface area contributed by atoms with Crippen LogP contribution in [0.4, 0.5) is 0 Å². The van der Waals surface area contributed by atoms with Gasteiger partial charge in [0.25, 0.3) is 0 Å². The fourth-order valence-electron chi connectivity index (χ4n) is 2.14. The minimum Gasteiger partial charge on any atom is -0.327 e. The maximum Gasteiger partial charge on any atom is 0.00699 e. The van der Waals surface area contributed by atoms with Crippen molar-refractivity contribution < 1.29 is 0 Å². The van der Waals surface area contributed by atoms with Gasteiger partial charge >= 0.3 is 0 Å². The van der Waals surface area contributed by atoms with Gasteiger partial charge in [-0.1, -0.05) is 0 Å². The Balaban J connectivity index is 2.05. The molecule has 0 heterocycles. The molecule has 0 spiro atoms. The van der Waals surface area contributed by atoms with Crippen LogP contribution in [0.15, 0.2) is 0 Å². The van der Waals surface area contributed by atoms with Gasteiger partial charge in [-0.15, -0.1) is 0 Å². The number of hydrogen-bond acceptors (Lipinski definition) is 1. The third kappa shape index (κ3) is 0.455. The van der Waals surface area contributed by atoms with Crippen molar-refractivity contribution in [3.63, 3.8) is 0 Å². The Morgan fingerprint density at radius 2 is 1.75 bits per heavy atom. The van der Waals surface area contributed by atoms with E-state index in [0.717, 1.165) is 11.8 Å². The Morgan fingerprint density at radius 3 is 2.00 bits per heavy atom. The van der Waals surface area contributed by atoms with Gasteiger partial charge < -0.3 is 5.73 Å². The number of fused-ring (bicyclic) bond motifs is 1. The van der Waals surface area contributed by atoms with E-state index in [2.05, 4.69) is 0 Å². The van der Waals surface area contributed by atoms with Crippen molar-refractivity contribution in [3.05, 3.63) is 0 Å². The fraction of sp³-hybridized carbons (Fsp3) is 1.00. The van der Waals surface area contributed by atoms with Crippen LogP contribution >= 0.6 is 0 Å². The molecule has 0 aliphatic heterocycles. The van der Waals surface area contributed by atoms with E-state index in [4.69, 9.17) is 5.73 Å². The minimum atomic E-state index is 0.578. The van der Waals surface area contributed by atoms with Crippen LogP contribution in [0.5, 0.6) is 0 Å². The molecule has 2 saturated carbocycles. The maximum atomic E-state index is 5.82. The lowest BCUT2D eigenvalue weighted by Gasteiger charge is -2.32. The predicted octanol–water partition coefficient (Wildman–Crippen LogP) is 1.13. The van der Waals surface area contributed by atoms with Gasteiger partial charge in [0, 0.05) is 6.04 Å². The van der Waals surface area contributed by atoms with Crippen molar-refractivity contribution in [2.45, 2.75) is 31.7 Å². The SMILES string of the molecule is NC1CC[C@@H]2CC[C@H]12. The molecule has 1 unspecified atom stereocenters. The molecule has 1 nitrogen and oxygen atoms in total. The molecule has 0 bridgehead atoms. The first-order valence-electron chi connectivity index (χ1n) is 3.63. The van der Waals surface area contributed by atoms with Crippen molar-refractivity contribution in [2.75, 3.05) is 0 Å². The van der Waals surface area contributed by atoms with E-state index in [-0.39, 0.29) is 0 Å². The Hall–Kier alpha value is -0.0400. The van der Waals surface area contributed by atoms with Gasteiger partial charge in [-0.25, -0.2) is 0 Å². The first-order valence-corrected chi connectivity index (χ1v) is 3.63. The molecular weight excluding hydrogens is 98.1 g/mol. The lowest BCUT2D eigenvalue weighted by atomic mass is 9.75. The zero-order valence-electron chi connectivity index (χ0n) is 5.14. The molecule has 8 heavy (non-hydrogen) atoms. The van der Waals surface area contributed by atoms with Crippen LogP contribution in [-0.4, -0.2) is 6.04 Å². The average molecular weight is 111 g/mol. The molecule has 0 aromatic heterocycles. The van der Waals surface area contributed by atoms with E-state index < -0.39 is 0 Å². The van der Waals surface area contributed by atoms with Gasteiger partial charge in [-0.05, 0) is 37.5 Å². The highest BCUT2D eigenvalue weighted by Gasteiger charge is 2.39. The maximum absolute atomic E-state index is 5.82. The third-order valence-electron chi connectivity index (χ3n) is 2.90. The molecule has 2 N–H and O–H groups in total. The van der Waals surface area contributed by atoms with Crippen LogP contribution < -0.4 is 5.73 Å². The lowest BCUT2D eigenvalue weighted by Crippen LogP contribution is -2.33. The fourth-order valence-corrected chi connectivity index (χ4v) is 2.14. The summed E-state index contributed by atoms with van der Waals surface area (Å²) in [5.41, 5.74) is 5.82. The minimum absolute atomic E-state index is 0.578. The summed E-state index contributed by atoms with van der Waals surface area (Å²) in [6, 6.07) is 0.578. The first-order chi connectivity index (χ1) is 3.88. The molecule has 0 aromatic rings. The second kappa shape index (κ2) is 1.47. The summed E-state index contributed by atoms with van der Waals surface area (Å²) in [7, 11) is 0. The van der Waals surface area contributed by atoms with Crippen LogP contribution in [0, 0.1) is 11.8 Å². The zero-order chi connectivity index (χ0) is 5.56. The number of hydrogen-bond donors (Lipinski definition) is 1. The number of rotatable bonds is 0. The topological polar surface area (TPSA) is 26.0 Å². The largest absolute Gasteiger partial charge is 0.327 e. The molecule has 3 atom stereocenters. The molecule has 1 heteroatoms. The van der Waals surface area contributed by atoms with E-state index >= 15 is 0 Å². The lowest BCUT2D eigenvalue weighted by molar-refractivity contribution is 0.202. The molecule has 46 valence electrons. The van der Waals surface area contributed by atoms with Gasteiger partial charge in [0.1, 0.15) is 0 Å². The van der Waals surface area contributed by atoms with Crippen molar-refractivity contribution in [1.29, 1.82) is 0 Å². The van der Waals surface area contributed by atoms with E-state index in [1.165, 1.54) is 25.7 Å². The number of nitrogens with two attached hydrogens (primary N) is 1. The van der Waals surface area contributed by atoms with Gasteiger partial charge in [0.05, 0.1) is 0 Å². The van der Waals surface area contributed by atoms with E-state index in [1.54, 1.807) is 0 Å². The van der Waals surface area contributed by atoms with E-state index in [0.29, 0.717) is 6.04 Å². The van der Waals surface area contributed by atoms with Gasteiger partial charge in [0.15, 0.2) is 0 Å². The highest BCUT2D eigenvalue weighted by atomic mass is 14.7. The molecule has 0 saturated heterocycles. The summed E-state index contributed by atoms with van der Waals surface area (Å²) in [4.78, 5) is 0. The summed E-state index contributed by atoms with van der Waals surface area (Å²) in [5, 5.41) is 0. The Kier molecular flexibility index (Phi) is 0.884. The highest BCUT2D eigenvalue weighted by Crippen LogP contribution is 2.45. The molecule has 2 fully saturated rings. The summed E-state index contributed by atoms with van der Waals surface area (Å²) < 4.78 is 0. The quantitative estimate of drug-likeness (QED) is 0.498. The Morgan fingerprint density at radius 1 is 1.00 bits per heavy atom. The van der Waals surface area contributed by atoms with Crippen LogP contribution in [0.25, 0.3) is 0 Å². The van der Waals surface area contributed by atoms with Crippen molar-refractivity contribution in [1.82, 2.24) is 0 Å². The molecule has 2 aliphatic carbocycles. The summed E-state index contributed by atoms with van der Waals surface area (Å²) in [6.07, 6.45) is 5.62. The zero-order valence-corrected chi connectivity index (χ0v) is 5.14. The molecule has 0 radical (unpaired) electrons. The summed E-state index contributed by atoms with van der Waals surface area (Å²) in [6.45, 7) is 0. The van der Waals surface area contributed by atoms with E-state index in [9.17, 15) is 0 Å². The van der Waals surface area contributed by atoms with Crippen LogP contribution in [0.3, 0.4) is 0 Å². The predicted molar refractivity (Wildman–Crippen MR) is 33.4 cm³/mol. The third-order valence-corrected chi connectivity index (χ3v) is 2.90. The molecule has 0 amide bonds. The Labute approximate surface area is 50.3 Å². The van der Waals surface area contributed by atoms with Crippen molar-refractivity contribution in [2.24, 2.45) is 17.6 Å². The highest BCUT2D eigenvalue weighted by molar-refractivity contribution is 4.94. The Bertz CT molecular complexity index is 94.6. The van der Waals surface area contributed by atoms with Crippen molar-refractivity contribution in [3.8, 4) is 0 Å². The smallest absolute Gasteiger partial charge is 0.00699 e. The van der Waals surface area contributed by atoms with Crippen LogP contribution in [0.2, 0.25) is 0 Å². The summed E-state index contributed by atoms with van der Waals surface area (Å²) >= 11 is 0. The molecule has 2 aliphatic rings. The van der Waals surface area contributed by atoms with E-state index in [1.807, 2.05) is 0 Å². The molecule has 2 rings (SSSR count). The second-order valence-electron chi connectivity index (χ2n) is 3.24. The second-order valence-corrected chi connectivity index (χ2v) is 3.24. The van der Waals surface area contributed by atoms with Gasteiger partial charge in [-0.2, -0.15) is 0 Å². The normalized spacial score (nSPS) is 52.9.